The molecule has 5 aromatic rings. The first-order chi connectivity index (χ1) is 15.0. The Bertz CT molecular complexity index is 1570. The Kier molecular flexibility index (Phi) is 4.67. The lowest BCUT2D eigenvalue weighted by molar-refractivity contribution is 0.414. The van der Waals surface area contributed by atoms with Crippen LogP contribution in [0.5, 0.6) is 5.75 Å². The smallest absolute Gasteiger partial charge is 0.266 e. The maximum absolute atomic E-state index is 13.6. The first-order valence-electron chi connectivity index (χ1n) is 9.54. The molecular formula is C24H16BrN3O3. The van der Waals surface area contributed by atoms with Gasteiger partial charge in [0.15, 0.2) is 0 Å². The molecule has 0 amide bonds. The third kappa shape index (κ3) is 3.33. The van der Waals surface area contributed by atoms with Crippen molar-refractivity contribution in [3.63, 3.8) is 0 Å². The normalized spacial score (nSPS) is 11.2. The van der Waals surface area contributed by atoms with Crippen LogP contribution in [0.2, 0.25) is 0 Å². The minimum Gasteiger partial charge on any atom is -0.497 e. The van der Waals surface area contributed by atoms with Crippen LogP contribution in [-0.4, -0.2) is 21.6 Å². The summed E-state index contributed by atoms with van der Waals surface area (Å²) in [6.07, 6.45) is 0. The van der Waals surface area contributed by atoms with Crippen molar-refractivity contribution in [1.29, 1.82) is 0 Å². The van der Waals surface area contributed by atoms with Gasteiger partial charge in [-0.05, 0) is 54.6 Å². The number of hydrogen-bond donors (Lipinski definition) is 1. The van der Waals surface area contributed by atoms with Gasteiger partial charge < -0.3 is 9.72 Å². The van der Waals surface area contributed by atoms with Crippen LogP contribution in [0.1, 0.15) is 0 Å². The van der Waals surface area contributed by atoms with Crippen LogP contribution in [0.15, 0.2) is 86.9 Å². The Balaban J connectivity index is 1.93. The number of benzene rings is 3. The molecule has 0 bridgehead atoms. The molecule has 0 atom stereocenters. The second-order valence-electron chi connectivity index (χ2n) is 7.03. The van der Waals surface area contributed by atoms with Crippen molar-refractivity contribution >= 4 is 37.7 Å². The summed E-state index contributed by atoms with van der Waals surface area (Å²) in [7, 11) is 1.59. The lowest BCUT2D eigenvalue weighted by atomic mass is 10.1. The molecule has 6 nitrogen and oxygen atoms in total. The fraction of sp³-hybridized carbons (Fsp3) is 0.0417. The third-order valence-corrected chi connectivity index (χ3v) is 5.65. The minimum absolute atomic E-state index is 0.214. The topological polar surface area (TPSA) is 77.0 Å². The van der Waals surface area contributed by atoms with Crippen molar-refractivity contribution in [3.8, 4) is 22.8 Å². The van der Waals surface area contributed by atoms with Crippen LogP contribution in [0.4, 0.5) is 0 Å². The zero-order chi connectivity index (χ0) is 21.5. The summed E-state index contributed by atoms with van der Waals surface area (Å²) in [4.78, 5) is 33.7. The van der Waals surface area contributed by atoms with E-state index in [4.69, 9.17) is 9.72 Å². The second kappa shape index (κ2) is 7.52. The van der Waals surface area contributed by atoms with Crippen LogP contribution < -0.4 is 15.9 Å². The number of rotatable bonds is 3. The lowest BCUT2D eigenvalue weighted by Crippen LogP contribution is -2.22. The molecule has 0 aliphatic rings. The molecule has 2 heterocycles. The Morgan fingerprint density at radius 3 is 2.48 bits per heavy atom. The molecule has 1 N–H and O–H groups in total. The van der Waals surface area contributed by atoms with Gasteiger partial charge in [-0.3, -0.25) is 14.2 Å². The van der Waals surface area contributed by atoms with Gasteiger partial charge in [-0.2, -0.15) is 0 Å². The lowest BCUT2D eigenvalue weighted by Gasteiger charge is -2.15. The van der Waals surface area contributed by atoms with Crippen LogP contribution in [0, 0.1) is 0 Å². The highest BCUT2D eigenvalue weighted by Crippen LogP contribution is 2.29. The number of fused-ring (bicyclic) bond motifs is 2. The summed E-state index contributed by atoms with van der Waals surface area (Å²) >= 11 is 3.50. The highest BCUT2D eigenvalue weighted by Gasteiger charge is 2.17. The van der Waals surface area contributed by atoms with Gasteiger partial charge in [0.1, 0.15) is 11.6 Å². The van der Waals surface area contributed by atoms with Crippen LogP contribution >= 0.6 is 15.9 Å². The molecular weight excluding hydrogens is 458 g/mol. The summed E-state index contributed by atoms with van der Waals surface area (Å²) < 4.78 is 7.65. The van der Waals surface area contributed by atoms with Crippen LogP contribution in [0.3, 0.4) is 0 Å². The number of nitrogens with zero attached hydrogens (tertiary/aromatic N) is 2. The van der Waals surface area contributed by atoms with E-state index in [-0.39, 0.29) is 11.1 Å². The summed E-state index contributed by atoms with van der Waals surface area (Å²) in [5.41, 5.74) is 1.94. The number of para-hydroxylation sites is 1. The predicted octanol–water partition coefficient (Wildman–Crippen LogP) is 4.67. The number of aromatic nitrogens is 3. The van der Waals surface area contributed by atoms with E-state index in [0.717, 1.165) is 9.86 Å². The molecule has 0 saturated heterocycles. The van der Waals surface area contributed by atoms with Gasteiger partial charge in [0.05, 0.1) is 23.7 Å². The first-order valence-corrected chi connectivity index (χ1v) is 10.3. The van der Waals surface area contributed by atoms with Crippen molar-refractivity contribution in [2.75, 3.05) is 7.11 Å². The highest BCUT2D eigenvalue weighted by molar-refractivity contribution is 9.10. The Hall–Kier alpha value is -3.71. The Morgan fingerprint density at radius 1 is 0.935 bits per heavy atom. The van der Waals surface area contributed by atoms with Crippen LogP contribution in [-0.2, 0) is 0 Å². The third-order valence-electron chi connectivity index (χ3n) is 5.15. The van der Waals surface area contributed by atoms with E-state index in [1.807, 2.05) is 30.3 Å². The molecule has 3 aromatic carbocycles. The fourth-order valence-electron chi connectivity index (χ4n) is 3.70. The molecule has 0 fully saturated rings. The number of H-pyrrole nitrogens is 1. The predicted molar refractivity (Wildman–Crippen MR) is 125 cm³/mol. The van der Waals surface area contributed by atoms with E-state index in [2.05, 4.69) is 20.9 Å². The summed E-state index contributed by atoms with van der Waals surface area (Å²) in [6, 6.07) is 21.4. The second-order valence-corrected chi connectivity index (χ2v) is 7.94. The molecule has 0 aliphatic heterocycles. The maximum Gasteiger partial charge on any atom is 0.266 e. The van der Waals surface area contributed by atoms with E-state index >= 15 is 0 Å². The first kappa shape index (κ1) is 19.3. The van der Waals surface area contributed by atoms with Gasteiger partial charge in [-0.1, -0.05) is 28.1 Å². The number of methoxy groups -OCH3 is 1. The molecule has 5 rings (SSSR count). The van der Waals surface area contributed by atoms with Crippen molar-refractivity contribution in [2.45, 2.75) is 0 Å². The largest absolute Gasteiger partial charge is 0.497 e. The average Bonchev–Trinajstić information content (AvgIpc) is 2.79. The zero-order valence-corrected chi connectivity index (χ0v) is 18.0. The van der Waals surface area contributed by atoms with E-state index in [1.54, 1.807) is 43.5 Å². The fourth-order valence-corrected chi connectivity index (χ4v) is 4.06. The van der Waals surface area contributed by atoms with Gasteiger partial charge >= 0.3 is 0 Å². The quantitative estimate of drug-likeness (QED) is 0.413. The Labute approximate surface area is 184 Å². The van der Waals surface area contributed by atoms with E-state index in [9.17, 15) is 9.59 Å². The van der Waals surface area contributed by atoms with Gasteiger partial charge in [0, 0.05) is 27.0 Å². The number of hydrogen-bond acceptors (Lipinski definition) is 4. The summed E-state index contributed by atoms with van der Waals surface area (Å²) in [5.74, 6) is 1.07. The highest BCUT2D eigenvalue weighted by atomic mass is 79.9. The minimum atomic E-state index is -0.270. The van der Waals surface area contributed by atoms with Crippen LogP contribution in [0.25, 0.3) is 38.9 Å². The summed E-state index contributed by atoms with van der Waals surface area (Å²) in [6.45, 7) is 0. The number of ether oxygens (including phenoxy) is 1. The zero-order valence-electron chi connectivity index (χ0n) is 16.4. The van der Waals surface area contributed by atoms with Gasteiger partial charge in [-0.15, -0.1) is 0 Å². The maximum atomic E-state index is 13.6. The van der Waals surface area contributed by atoms with Gasteiger partial charge in [0.25, 0.3) is 5.56 Å². The molecule has 7 heteroatoms. The summed E-state index contributed by atoms with van der Waals surface area (Å²) in [5, 5.41) is 1.27. The molecule has 0 radical (unpaired) electrons. The van der Waals surface area contributed by atoms with Crippen molar-refractivity contribution in [1.82, 2.24) is 14.5 Å². The molecule has 0 saturated carbocycles. The molecule has 31 heavy (non-hydrogen) atoms. The number of pyridine rings is 1. The van der Waals surface area contributed by atoms with E-state index in [1.165, 1.54) is 10.6 Å². The molecule has 2 aromatic heterocycles. The molecule has 0 unspecified atom stereocenters. The molecule has 0 aliphatic carbocycles. The van der Waals surface area contributed by atoms with E-state index in [0.29, 0.717) is 39.2 Å². The number of nitrogens with one attached hydrogen (secondary N) is 1. The van der Waals surface area contributed by atoms with Gasteiger partial charge in [-0.25, -0.2) is 4.98 Å². The molecule has 0 spiro atoms. The van der Waals surface area contributed by atoms with Gasteiger partial charge in [0.2, 0.25) is 5.56 Å². The Morgan fingerprint density at radius 2 is 1.71 bits per heavy atom. The molecule has 152 valence electrons. The monoisotopic (exact) mass is 473 g/mol. The number of aromatic amines is 1. The average molecular weight is 474 g/mol. The van der Waals surface area contributed by atoms with Crippen molar-refractivity contribution < 1.29 is 4.74 Å². The SMILES string of the molecule is COc1ccc(-n2c(-c3cc(=O)[nH]c4ccc(Br)cc34)nc3ccccc3c2=O)cc1. The van der Waals surface area contributed by atoms with Crippen molar-refractivity contribution in [3.05, 3.63) is 98.0 Å². The number of halogens is 1. The van der Waals surface area contributed by atoms with E-state index < -0.39 is 0 Å². The standard InChI is InChI=1S/C24H16BrN3O3/c1-31-16-9-7-15(8-10-16)28-23(27-20-5-3-2-4-17(20)24(28)30)19-13-22(29)26-21-11-6-14(25)12-18(19)21/h2-13H,1H3,(H,26,29). The van der Waals surface area contributed by atoms with Crippen molar-refractivity contribution in [2.24, 2.45) is 0 Å².